The summed E-state index contributed by atoms with van der Waals surface area (Å²) in [7, 11) is 0. The Morgan fingerprint density at radius 2 is 1.12 bits per heavy atom. The molecule has 0 radical (unpaired) electrons. The van der Waals surface area contributed by atoms with E-state index in [1.54, 1.807) is 18.3 Å². The van der Waals surface area contributed by atoms with Crippen molar-refractivity contribution in [1.82, 2.24) is 4.98 Å². The number of pyridine rings is 1. The Kier molecular flexibility index (Phi) is 12.5. The van der Waals surface area contributed by atoms with Crippen LogP contribution in [-0.2, 0) is 0 Å². The van der Waals surface area contributed by atoms with E-state index in [-0.39, 0.29) is 0 Å². The van der Waals surface area contributed by atoms with E-state index in [9.17, 15) is 0 Å². The van der Waals surface area contributed by atoms with Gasteiger partial charge in [-0.1, -0.05) is 73.5 Å². The Bertz CT molecular complexity index is 561. The highest BCUT2D eigenvalue weighted by molar-refractivity contribution is 5.24. The number of aromatic nitrogens is 1. The van der Waals surface area contributed by atoms with Crippen molar-refractivity contribution in [1.29, 1.82) is 0 Å². The molecule has 1 N–H and O–H groups in total. The Balaban J connectivity index is 0.000000315. The zero-order valence-electron chi connectivity index (χ0n) is 15.4. The summed E-state index contributed by atoms with van der Waals surface area (Å²) < 4.78 is 0. The first-order valence-corrected chi connectivity index (χ1v) is 8.22. The van der Waals surface area contributed by atoms with E-state index in [0.29, 0.717) is 5.75 Å². The summed E-state index contributed by atoms with van der Waals surface area (Å²) in [6.07, 6.45) is 3.60. The van der Waals surface area contributed by atoms with Gasteiger partial charge >= 0.3 is 0 Å². The van der Waals surface area contributed by atoms with Gasteiger partial charge in [-0.3, -0.25) is 4.98 Å². The van der Waals surface area contributed by atoms with Gasteiger partial charge in [-0.15, -0.1) is 0 Å². The third-order valence-corrected chi connectivity index (χ3v) is 2.78. The highest BCUT2D eigenvalue weighted by Crippen LogP contribution is 2.07. The largest absolute Gasteiger partial charge is 0.508 e. The number of hydrogen-bond acceptors (Lipinski definition) is 2. The van der Waals surface area contributed by atoms with E-state index in [1.165, 1.54) is 16.7 Å². The standard InChI is InChI=1S/C7H8O.C7H8.C6H7N.C2H6/c1-6-2-4-7(8)5-3-6;1-7-5-3-2-4-6-7;1-6-3-2-4-7-5-6;1-2/h2-5,8H,1H3;2-6H,1H3;2-5H,1H3;1-2H3. The smallest absolute Gasteiger partial charge is 0.115 e. The summed E-state index contributed by atoms with van der Waals surface area (Å²) in [5, 5.41) is 8.76. The van der Waals surface area contributed by atoms with Crippen LogP contribution in [-0.4, -0.2) is 10.1 Å². The van der Waals surface area contributed by atoms with Crippen LogP contribution in [0.15, 0.2) is 79.1 Å². The molecule has 0 atom stereocenters. The molecule has 0 aliphatic carbocycles. The van der Waals surface area contributed by atoms with Crippen molar-refractivity contribution in [3.8, 4) is 5.75 Å². The Labute approximate surface area is 146 Å². The van der Waals surface area contributed by atoms with E-state index in [4.69, 9.17) is 5.11 Å². The molecule has 1 aromatic heterocycles. The zero-order chi connectivity index (χ0) is 18.2. The topological polar surface area (TPSA) is 33.1 Å². The van der Waals surface area contributed by atoms with Crippen molar-refractivity contribution in [3.05, 3.63) is 95.8 Å². The monoisotopic (exact) mass is 323 g/mol. The Hall–Kier alpha value is -2.61. The molecule has 128 valence electrons. The van der Waals surface area contributed by atoms with E-state index in [1.807, 2.05) is 76.4 Å². The molecule has 0 fully saturated rings. The van der Waals surface area contributed by atoms with Crippen LogP contribution < -0.4 is 0 Å². The minimum absolute atomic E-state index is 0.329. The fourth-order valence-electron chi connectivity index (χ4n) is 1.53. The molecule has 0 spiro atoms. The molecule has 1 heterocycles. The number of phenols is 1. The number of hydrogen-bond donors (Lipinski definition) is 1. The average Bonchev–Trinajstić information content (AvgIpc) is 2.62. The maximum Gasteiger partial charge on any atom is 0.115 e. The summed E-state index contributed by atoms with van der Waals surface area (Å²) in [6, 6.07) is 21.3. The van der Waals surface area contributed by atoms with Gasteiger partial charge in [0.2, 0.25) is 0 Å². The van der Waals surface area contributed by atoms with Crippen LogP contribution in [0.3, 0.4) is 0 Å². The molecule has 2 heteroatoms. The van der Waals surface area contributed by atoms with Gasteiger partial charge in [-0.2, -0.15) is 0 Å². The first-order valence-electron chi connectivity index (χ1n) is 8.22. The molecule has 3 rings (SSSR count). The summed E-state index contributed by atoms with van der Waals surface area (Å²) >= 11 is 0. The maximum absolute atomic E-state index is 8.76. The number of phenolic OH excluding ortho intramolecular Hbond substituents is 1. The van der Waals surface area contributed by atoms with Crippen LogP contribution in [0.4, 0.5) is 0 Å². The summed E-state index contributed by atoms with van der Waals surface area (Å²) in [4.78, 5) is 3.88. The number of benzene rings is 2. The van der Waals surface area contributed by atoms with E-state index >= 15 is 0 Å². The molecule has 0 saturated heterocycles. The van der Waals surface area contributed by atoms with Crippen molar-refractivity contribution in [2.45, 2.75) is 34.6 Å². The van der Waals surface area contributed by atoms with E-state index in [0.717, 1.165) is 0 Å². The lowest BCUT2D eigenvalue weighted by Crippen LogP contribution is -1.69. The van der Waals surface area contributed by atoms with Gasteiger partial charge in [0.05, 0.1) is 0 Å². The van der Waals surface area contributed by atoms with Crippen molar-refractivity contribution in [2.24, 2.45) is 0 Å². The third kappa shape index (κ3) is 12.0. The summed E-state index contributed by atoms with van der Waals surface area (Å²) in [6.45, 7) is 10.1. The normalized spacial score (nSPS) is 8.38. The number of nitrogens with zero attached hydrogens (tertiary/aromatic N) is 1. The summed E-state index contributed by atoms with van der Waals surface area (Å²) in [5.74, 6) is 0.329. The molecule has 2 aromatic carbocycles. The zero-order valence-corrected chi connectivity index (χ0v) is 15.4. The third-order valence-electron chi connectivity index (χ3n) is 2.78. The molecule has 0 aliphatic heterocycles. The minimum Gasteiger partial charge on any atom is -0.508 e. The average molecular weight is 323 g/mol. The second kappa shape index (κ2) is 14.0. The molecule has 24 heavy (non-hydrogen) atoms. The molecule has 0 aliphatic rings. The lowest BCUT2D eigenvalue weighted by molar-refractivity contribution is 0.475. The maximum atomic E-state index is 8.76. The number of aromatic hydroxyl groups is 1. The quantitative estimate of drug-likeness (QED) is 0.541. The number of aryl methyl sites for hydroxylation is 3. The van der Waals surface area contributed by atoms with Gasteiger partial charge in [0.25, 0.3) is 0 Å². The first-order chi connectivity index (χ1) is 11.6. The van der Waals surface area contributed by atoms with Crippen molar-refractivity contribution in [3.63, 3.8) is 0 Å². The molecule has 3 aromatic rings. The van der Waals surface area contributed by atoms with Crippen LogP contribution in [0.1, 0.15) is 30.5 Å². The second-order valence-corrected chi connectivity index (χ2v) is 5.02. The molecule has 0 unspecified atom stereocenters. The molecule has 0 amide bonds. The van der Waals surface area contributed by atoms with Crippen LogP contribution in [0.2, 0.25) is 0 Å². The lowest BCUT2D eigenvalue weighted by atomic mass is 10.2. The predicted octanol–water partition coefficient (Wildman–Crippen LogP) is 6.11. The van der Waals surface area contributed by atoms with Crippen LogP contribution in [0, 0.1) is 20.8 Å². The highest BCUT2D eigenvalue weighted by atomic mass is 16.3. The van der Waals surface area contributed by atoms with Gasteiger partial charge < -0.3 is 5.11 Å². The Morgan fingerprint density at radius 3 is 1.42 bits per heavy atom. The second-order valence-electron chi connectivity index (χ2n) is 5.02. The first kappa shape index (κ1) is 21.4. The van der Waals surface area contributed by atoms with Crippen LogP contribution in [0.5, 0.6) is 5.75 Å². The number of rotatable bonds is 0. The van der Waals surface area contributed by atoms with Crippen molar-refractivity contribution in [2.75, 3.05) is 0 Å². The predicted molar refractivity (Wildman–Crippen MR) is 104 cm³/mol. The van der Waals surface area contributed by atoms with Crippen LogP contribution >= 0.6 is 0 Å². The van der Waals surface area contributed by atoms with Gasteiger partial charge in [0.15, 0.2) is 0 Å². The highest BCUT2D eigenvalue weighted by Gasteiger charge is 1.82. The Morgan fingerprint density at radius 1 is 0.625 bits per heavy atom. The fraction of sp³-hybridized carbons (Fsp3) is 0.227. The molecule has 0 saturated carbocycles. The van der Waals surface area contributed by atoms with Crippen LogP contribution in [0.25, 0.3) is 0 Å². The van der Waals surface area contributed by atoms with E-state index in [2.05, 4.69) is 24.0 Å². The molecule has 2 nitrogen and oxygen atoms in total. The lowest BCUT2D eigenvalue weighted by Gasteiger charge is -1.89. The van der Waals surface area contributed by atoms with Crippen molar-refractivity contribution >= 4 is 0 Å². The molecular formula is C22H29NO. The van der Waals surface area contributed by atoms with E-state index < -0.39 is 0 Å². The van der Waals surface area contributed by atoms with Gasteiger partial charge in [0, 0.05) is 12.4 Å². The SMILES string of the molecule is CC.Cc1ccc(O)cc1.Cc1ccccc1.Cc1cccnc1. The summed E-state index contributed by atoms with van der Waals surface area (Å²) in [5.41, 5.74) is 3.70. The van der Waals surface area contributed by atoms with Crippen molar-refractivity contribution < 1.29 is 5.11 Å². The van der Waals surface area contributed by atoms with Gasteiger partial charge in [-0.05, 0) is 44.5 Å². The fourth-order valence-corrected chi connectivity index (χ4v) is 1.53. The molecule has 0 bridgehead atoms. The molecular weight excluding hydrogens is 294 g/mol. The minimum atomic E-state index is 0.329. The van der Waals surface area contributed by atoms with Gasteiger partial charge in [0.1, 0.15) is 5.75 Å². The van der Waals surface area contributed by atoms with Gasteiger partial charge in [-0.25, -0.2) is 0 Å².